The van der Waals surface area contributed by atoms with E-state index in [1.54, 1.807) is 6.20 Å². The van der Waals surface area contributed by atoms with Crippen molar-refractivity contribution in [3.8, 4) is 6.07 Å². The van der Waals surface area contributed by atoms with Crippen molar-refractivity contribution in [2.45, 2.75) is 13.3 Å². The number of rotatable bonds is 1. The van der Waals surface area contributed by atoms with Crippen LogP contribution in [0.1, 0.15) is 11.3 Å². The third-order valence-corrected chi connectivity index (χ3v) is 1.47. The van der Waals surface area contributed by atoms with Crippen LogP contribution in [0.4, 0.5) is 5.69 Å². The topological polar surface area (TPSA) is 62.7 Å². The zero-order valence-corrected chi connectivity index (χ0v) is 6.33. The summed E-state index contributed by atoms with van der Waals surface area (Å²) < 4.78 is 0. The second-order valence-electron chi connectivity index (χ2n) is 2.37. The van der Waals surface area contributed by atoms with Crippen LogP contribution in [0.25, 0.3) is 0 Å². The van der Waals surface area contributed by atoms with Crippen LogP contribution in [0, 0.1) is 18.3 Å². The van der Waals surface area contributed by atoms with Gasteiger partial charge < -0.3 is 5.73 Å². The number of hydrogen-bond acceptors (Lipinski definition) is 3. The molecule has 0 saturated carbocycles. The van der Waals surface area contributed by atoms with Crippen molar-refractivity contribution in [2.24, 2.45) is 0 Å². The summed E-state index contributed by atoms with van der Waals surface area (Å²) in [6, 6.07) is 3.86. The van der Waals surface area contributed by atoms with Crippen LogP contribution in [-0.2, 0) is 6.42 Å². The highest BCUT2D eigenvalue weighted by atomic mass is 14.7. The third kappa shape index (κ3) is 1.68. The average molecular weight is 147 g/mol. The fraction of sp³-hybridized carbons (Fsp3) is 0.250. The molecule has 0 aliphatic heterocycles. The second kappa shape index (κ2) is 3.02. The zero-order chi connectivity index (χ0) is 8.27. The first-order valence-electron chi connectivity index (χ1n) is 3.32. The maximum Gasteiger partial charge on any atom is 0.0774 e. The lowest BCUT2D eigenvalue weighted by molar-refractivity contribution is 1.10. The summed E-state index contributed by atoms with van der Waals surface area (Å²) in [5.74, 6) is 0. The Labute approximate surface area is 65.5 Å². The van der Waals surface area contributed by atoms with E-state index in [4.69, 9.17) is 11.0 Å². The number of hydrogen-bond donors (Lipinski definition) is 1. The fourth-order valence-corrected chi connectivity index (χ4v) is 0.802. The van der Waals surface area contributed by atoms with Gasteiger partial charge in [-0.15, -0.1) is 0 Å². The summed E-state index contributed by atoms with van der Waals surface area (Å²) >= 11 is 0. The largest absolute Gasteiger partial charge is 0.397 e. The minimum atomic E-state index is 0.348. The van der Waals surface area contributed by atoms with Crippen LogP contribution in [0.2, 0.25) is 0 Å². The monoisotopic (exact) mass is 147 g/mol. The van der Waals surface area contributed by atoms with E-state index in [9.17, 15) is 0 Å². The molecule has 3 nitrogen and oxygen atoms in total. The molecular formula is C8H9N3. The lowest BCUT2D eigenvalue weighted by Gasteiger charge is -1.99. The van der Waals surface area contributed by atoms with Crippen molar-refractivity contribution >= 4 is 5.69 Å². The standard InChI is InChI=1S/C8H9N3/c1-6-4-7(2-3-9)11-5-8(6)10/h4-5H,2,10H2,1H3. The molecule has 1 aromatic heterocycles. The molecule has 0 unspecified atom stereocenters. The van der Waals surface area contributed by atoms with Gasteiger partial charge in [0.05, 0.1) is 30.1 Å². The number of nitriles is 1. The highest BCUT2D eigenvalue weighted by molar-refractivity contribution is 5.44. The summed E-state index contributed by atoms with van der Waals surface area (Å²) in [6.07, 6.45) is 1.93. The van der Waals surface area contributed by atoms with Crippen molar-refractivity contribution < 1.29 is 0 Å². The highest BCUT2D eigenvalue weighted by Crippen LogP contribution is 2.09. The first-order valence-corrected chi connectivity index (χ1v) is 3.32. The number of pyridine rings is 1. The van der Waals surface area contributed by atoms with Crippen molar-refractivity contribution in [1.82, 2.24) is 4.98 Å². The molecule has 1 aromatic rings. The van der Waals surface area contributed by atoms with Crippen molar-refractivity contribution in [3.05, 3.63) is 23.5 Å². The van der Waals surface area contributed by atoms with Gasteiger partial charge in [-0.3, -0.25) is 4.98 Å². The van der Waals surface area contributed by atoms with Crippen LogP contribution >= 0.6 is 0 Å². The summed E-state index contributed by atoms with van der Waals surface area (Å²) in [5, 5.41) is 8.36. The molecule has 56 valence electrons. The van der Waals surface area contributed by atoms with Crippen LogP contribution < -0.4 is 5.73 Å². The van der Waals surface area contributed by atoms with Crippen LogP contribution in [0.3, 0.4) is 0 Å². The van der Waals surface area contributed by atoms with Gasteiger partial charge >= 0.3 is 0 Å². The lowest BCUT2D eigenvalue weighted by atomic mass is 10.2. The predicted molar refractivity (Wildman–Crippen MR) is 42.7 cm³/mol. The van der Waals surface area contributed by atoms with Gasteiger partial charge in [-0.25, -0.2) is 0 Å². The van der Waals surface area contributed by atoms with Crippen molar-refractivity contribution in [2.75, 3.05) is 5.73 Å². The second-order valence-corrected chi connectivity index (χ2v) is 2.37. The SMILES string of the molecule is Cc1cc(CC#N)ncc1N. The van der Waals surface area contributed by atoms with Crippen molar-refractivity contribution in [1.29, 1.82) is 5.26 Å². The molecule has 0 amide bonds. The van der Waals surface area contributed by atoms with E-state index < -0.39 is 0 Å². The zero-order valence-electron chi connectivity index (χ0n) is 6.33. The Kier molecular flexibility index (Phi) is 2.07. The summed E-state index contributed by atoms with van der Waals surface area (Å²) in [4.78, 5) is 3.98. The molecule has 0 aliphatic carbocycles. The maximum atomic E-state index is 8.36. The number of nitrogens with zero attached hydrogens (tertiary/aromatic N) is 2. The molecule has 0 atom stereocenters. The molecule has 0 saturated heterocycles. The molecule has 3 heteroatoms. The quantitative estimate of drug-likeness (QED) is 0.645. The Balaban J connectivity index is 2.98. The molecule has 0 aromatic carbocycles. The van der Waals surface area contributed by atoms with Gasteiger partial charge in [-0.05, 0) is 18.6 Å². The van der Waals surface area contributed by atoms with Gasteiger partial charge in [0.25, 0.3) is 0 Å². The molecule has 11 heavy (non-hydrogen) atoms. The molecule has 0 aliphatic rings. The Bertz CT molecular complexity index is 299. The van der Waals surface area contributed by atoms with Gasteiger partial charge in [-0.2, -0.15) is 5.26 Å². The number of aryl methyl sites for hydroxylation is 1. The minimum Gasteiger partial charge on any atom is -0.397 e. The normalized spacial score (nSPS) is 9.09. The van der Waals surface area contributed by atoms with E-state index in [1.807, 2.05) is 19.1 Å². The summed E-state index contributed by atoms with van der Waals surface area (Å²) in [5.41, 5.74) is 7.97. The Morgan fingerprint density at radius 3 is 3.00 bits per heavy atom. The highest BCUT2D eigenvalue weighted by Gasteiger charge is 1.96. The minimum absolute atomic E-state index is 0.348. The van der Waals surface area contributed by atoms with Crippen molar-refractivity contribution in [3.63, 3.8) is 0 Å². The number of aromatic nitrogens is 1. The molecule has 0 radical (unpaired) electrons. The molecule has 0 fully saturated rings. The fourth-order valence-electron chi connectivity index (χ4n) is 0.802. The number of nitrogen functional groups attached to an aromatic ring is 1. The predicted octanol–water partition coefficient (Wildman–Crippen LogP) is 1.04. The first-order chi connectivity index (χ1) is 5.24. The van der Waals surface area contributed by atoms with E-state index in [0.29, 0.717) is 12.1 Å². The van der Waals surface area contributed by atoms with Gasteiger partial charge in [0.1, 0.15) is 0 Å². The Morgan fingerprint density at radius 2 is 2.45 bits per heavy atom. The van der Waals surface area contributed by atoms with E-state index in [0.717, 1.165) is 11.3 Å². The first kappa shape index (κ1) is 7.55. The van der Waals surface area contributed by atoms with E-state index in [-0.39, 0.29) is 0 Å². The molecule has 0 spiro atoms. The average Bonchev–Trinajstić information content (AvgIpc) is 1.98. The summed E-state index contributed by atoms with van der Waals surface area (Å²) in [6.45, 7) is 1.90. The van der Waals surface area contributed by atoms with Gasteiger partial charge in [0, 0.05) is 0 Å². The van der Waals surface area contributed by atoms with E-state index in [2.05, 4.69) is 4.98 Å². The molecule has 1 rings (SSSR count). The molecule has 0 bridgehead atoms. The Morgan fingerprint density at radius 1 is 1.73 bits per heavy atom. The number of anilines is 1. The van der Waals surface area contributed by atoms with Crippen LogP contribution in [0.15, 0.2) is 12.3 Å². The van der Waals surface area contributed by atoms with Gasteiger partial charge in [-0.1, -0.05) is 0 Å². The molecular weight excluding hydrogens is 138 g/mol. The van der Waals surface area contributed by atoms with Crippen LogP contribution in [0.5, 0.6) is 0 Å². The lowest BCUT2D eigenvalue weighted by Crippen LogP contribution is -1.94. The summed E-state index contributed by atoms with van der Waals surface area (Å²) in [7, 11) is 0. The maximum absolute atomic E-state index is 8.36. The van der Waals surface area contributed by atoms with E-state index in [1.165, 1.54) is 0 Å². The Hall–Kier alpha value is -1.56. The van der Waals surface area contributed by atoms with Crippen LogP contribution in [-0.4, -0.2) is 4.98 Å². The molecule has 2 N–H and O–H groups in total. The van der Waals surface area contributed by atoms with E-state index >= 15 is 0 Å². The van der Waals surface area contributed by atoms with Gasteiger partial charge in [0.2, 0.25) is 0 Å². The third-order valence-electron chi connectivity index (χ3n) is 1.47. The smallest absolute Gasteiger partial charge is 0.0774 e. The number of nitrogens with two attached hydrogens (primary N) is 1. The van der Waals surface area contributed by atoms with Gasteiger partial charge in [0.15, 0.2) is 0 Å². The molecule has 1 heterocycles.